The van der Waals surface area contributed by atoms with Gasteiger partial charge in [0.15, 0.2) is 5.75 Å². The number of aryl methyl sites for hydroxylation is 1. The Morgan fingerprint density at radius 2 is 1.89 bits per heavy atom. The van der Waals surface area contributed by atoms with Crippen molar-refractivity contribution in [3.63, 3.8) is 0 Å². The van der Waals surface area contributed by atoms with Gasteiger partial charge in [0.25, 0.3) is 4.98 Å². The highest BCUT2D eigenvalue weighted by atomic mass is 35.5. The van der Waals surface area contributed by atoms with Crippen molar-refractivity contribution in [2.45, 2.75) is 65.3 Å². The number of pyridine rings is 1. The van der Waals surface area contributed by atoms with E-state index in [9.17, 15) is 9.70 Å². The molecular weight excluding hydrogens is 472 g/mol. The lowest BCUT2D eigenvalue weighted by molar-refractivity contribution is -0.790. The van der Waals surface area contributed by atoms with Crippen LogP contribution < -0.4 is 10.3 Å². The number of rotatable bonds is 9. The van der Waals surface area contributed by atoms with Gasteiger partial charge in [-0.15, -0.1) is 5.01 Å². The molecular formula is C25H32ClN4O5+. The van der Waals surface area contributed by atoms with E-state index in [-0.39, 0.29) is 24.1 Å². The van der Waals surface area contributed by atoms with E-state index < -0.39 is 0 Å². The van der Waals surface area contributed by atoms with Gasteiger partial charge in [-0.1, -0.05) is 23.7 Å². The van der Waals surface area contributed by atoms with E-state index in [0.29, 0.717) is 66.8 Å². The van der Waals surface area contributed by atoms with Gasteiger partial charge in [-0.2, -0.15) is 0 Å². The molecule has 1 saturated carbocycles. The van der Waals surface area contributed by atoms with E-state index in [4.69, 9.17) is 25.9 Å². The van der Waals surface area contributed by atoms with Crippen molar-refractivity contribution >= 4 is 17.6 Å². The summed E-state index contributed by atoms with van der Waals surface area (Å²) in [5, 5.41) is 2.23. The summed E-state index contributed by atoms with van der Waals surface area (Å²) in [5.41, 5.74) is 5.85. The fourth-order valence-electron chi connectivity index (χ4n) is 4.59. The van der Waals surface area contributed by atoms with Gasteiger partial charge >= 0.3 is 5.97 Å². The number of esters is 1. The van der Waals surface area contributed by atoms with Gasteiger partial charge < -0.3 is 9.47 Å². The summed E-state index contributed by atoms with van der Waals surface area (Å²) < 4.78 is 11.9. The number of carbonyl (C=O) groups excluding carboxylic acids is 1. The molecule has 2 aliphatic rings. The second-order valence-electron chi connectivity index (χ2n) is 8.86. The fraction of sp³-hybridized carbons (Fsp3) is 0.520. The molecule has 9 nitrogen and oxygen atoms in total. The summed E-state index contributed by atoms with van der Waals surface area (Å²) in [4.78, 5) is 35.7. The Hall–Kier alpha value is -2.75. The van der Waals surface area contributed by atoms with E-state index >= 15 is 0 Å². The molecule has 1 aliphatic carbocycles. The highest BCUT2D eigenvalue weighted by Crippen LogP contribution is 2.41. The normalized spacial score (nSPS) is 21.3. The lowest BCUT2D eigenvalue weighted by Crippen LogP contribution is -2.44. The first-order valence-electron chi connectivity index (χ1n) is 12.1. The molecule has 35 heavy (non-hydrogen) atoms. The van der Waals surface area contributed by atoms with Crippen LogP contribution in [0.5, 0.6) is 5.75 Å². The summed E-state index contributed by atoms with van der Waals surface area (Å²) in [6.07, 6.45) is 3.95. The Labute approximate surface area is 210 Å². The number of ether oxygens (including phenoxy) is 2. The van der Waals surface area contributed by atoms with E-state index in [1.807, 2.05) is 45.0 Å². The van der Waals surface area contributed by atoms with Crippen molar-refractivity contribution in [1.82, 2.24) is 15.6 Å². The Morgan fingerprint density at radius 1 is 1.20 bits per heavy atom. The number of hydrogen-bond acceptors (Lipinski definition) is 6. The molecule has 0 amide bonds. The number of aromatic nitrogens is 1. The molecule has 4 rings (SSSR count). The van der Waals surface area contributed by atoms with Gasteiger partial charge in [0.2, 0.25) is 0 Å². The number of benzene rings is 1. The van der Waals surface area contributed by atoms with Crippen molar-refractivity contribution in [2.24, 2.45) is 5.92 Å². The van der Waals surface area contributed by atoms with E-state index in [1.165, 1.54) is 0 Å². The SMILES string of the molecule is CCN(CC)[N+](=O)NOC1CCC(C(=O)Oc2c(C)ncc3c2CO[C@H]3c2ccc(Cl)cc2)CC1. The first-order valence-corrected chi connectivity index (χ1v) is 12.5. The maximum atomic E-state index is 13.0. The first kappa shape index (κ1) is 25.3. The van der Waals surface area contributed by atoms with Crippen LogP contribution in [0.4, 0.5) is 0 Å². The molecule has 2 heterocycles. The highest BCUT2D eigenvalue weighted by Gasteiger charge is 2.33. The zero-order valence-electron chi connectivity index (χ0n) is 20.3. The Balaban J connectivity index is 1.35. The average Bonchev–Trinajstić information content (AvgIpc) is 3.30. The third kappa shape index (κ3) is 5.74. The summed E-state index contributed by atoms with van der Waals surface area (Å²) in [6.45, 7) is 7.14. The average molecular weight is 504 g/mol. The number of hydrazine groups is 2. The Bertz CT molecular complexity index is 1050. The highest BCUT2D eigenvalue weighted by molar-refractivity contribution is 6.30. The van der Waals surface area contributed by atoms with Crippen LogP contribution in [0.25, 0.3) is 0 Å². The Morgan fingerprint density at radius 3 is 2.54 bits per heavy atom. The van der Waals surface area contributed by atoms with Gasteiger partial charge in [0.05, 0.1) is 42.3 Å². The minimum atomic E-state index is -0.273. The number of nitrogens with one attached hydrogen (secondary N) is 1. The fourth-order valence-corrected chi connectivity index (χ4v) is 4.72. The van der Waals surface area contributed by atoms with Crippen molar-refractivity contribution in [2.75, 3.05) is 13.1 Å². The van der Waals surface area contributed by atoms with Gasteiger partial charge in [0, 0.05) is 27.9 Å². The number of hydrogen-bond donors (Lipinski definition) is 1. The monoisotopic (exact) mass is 503 g/mol. The van der Waals surface area contributed by atoms with Crippen LogP contribution in [-0.2, 0) is 21.0 Å². The summed E-state index contributed by atoms with van der Waals surface area (Å²) in [5.74, 6) is -0.00547. The topological polar surface area (TPSA) is 93.0 Å². The number of halogens is 1. The van der Waals surface area contributed by atoms with E-state index in [2.05, 4.69) is 10.6 Å². The third-order valence-electron chi connectivity index (χ3n) is 6.69. The summed E-state index contributed by atoms with van der Waals surface area (Å²) in [6, 6.07) is 7.51. The molecule has 1 fully saturated rings. The molecule has 0 radical (unpaired) electrons. The zero-order valence-corrected chi connectivity index (χ0v) is 21.1. The van der Waals surface area contributed by atoms with Crippen LogP contribution in [-0.4, -0.2) is 40.1 Å². The lowest BCUT2D eigenvalue weighted by atomic mass is 9.87. The Kier molecular flexibility index (Phi) is 8.20. The smallest absolute Gasteiger partial charge is 0.314 e. The molecule has 10 heteroatoms. The minimum Gasteiger partial charge on any atom is -0.424 e. The standard InChI is InChI=1S/C25H32ClN4O5/c1-4-29(5-2)30(32)28-35-20-12-8-18(9-13-20)25(31)34-23-16(3)27-14-21-22(23)15-33-24(21)17-6-10-19(26)11-7-17/h6-7,10-11,14,18,20,24H,4-5,8-9,12-13,15H2,1-3H3,(H,28,32)/q+1/t18?,20?,24-/m0/s1. The summed E-state index contributed by atoms with van der Waals surface area (Å²) in [7, 11) is 0. The van der Waals surface area contributed by atoms with Crippen LogP contribution in [0.1, 0.15) is 68.0 Å². The predicted octanol–water partition coefficient (Wildman–Crippen LogP) is 4.60. The largest absolute Gasteiger partial charge is 0.424 e. The zero-order chi connectivity index (χ0) is 24.9. The molecule has 0 saturated heterocycles. The second kappa shape index (κ2) is 11.3. The van der Waals surface area contributed by atoms with Crippen LogP contribution in [0.2, 0.25) is 5.02 Å². The molecule has 0 spiro atoms. The molecule has 1 aliphatic heterocycles. The maximum Gasteiger partial charge on any atom is 0.314 e. The predicted molar refractivity (Wildman–Crippen MR) is 129 cm³/mol. The quantitative estimate of drug-likeness (QED) is 0.301. The van der Waals surface area contributed by atoms with Crippen molar-refractivity contribution in [3.05, 3.63) is 62.8 Å². The number of fused-ring (bicyclic) bond motifs is 1. The number of carbonyl (C=O) groups is 1. The molecule has 1 aromatic heterocycles. The van der Waals surface area contributed by atoms with Gasteiger partial charge in [-0.3, -0.25) is 9.78 Å². The van der Waals surface area contributed by atoms with Crippen LogP contribution in [0, 0.1) is 17.7 Å². The molecule has 0 bridgehead atoms. The number of nitroso groups, excluding NO2 is 1. The van der Waals surface area contributed by atoms with E-state index in [0.717, 1.165) is 16.7 Å². The summed E-state index contributed by atoms with van der Waals surface area (Å²) >= 11 is 6.02. The van der Waals surface area contributed by atoms with Gasteiger partial charge in [-0.25, -0.2) is 4.84 Å². The van der Waals surface area contributed by atoms with Crippen molar-refractivity contribution < 1.29 is 24.1 Å². The maximum absolute atomic E-state index is 13.0. The second-order valence-corrected chi connectivity index (χ2v) is 9.30. The minimum absolute atomic E-state index is 0.135. The first-order chi connectivity index (χ1) is 16.9. The molecule has 0 unspecified atom stereocenters. The van der Waals surface area contributed by atoms with Gasteiger partial charge in [-0.05, 0) is 64.2 Å². The molecule has 188 valence electrons. The van der Waals surface area contributed by atoms with Crippen molar-refractivity contribution in [1.29, 1.82) is 0 Å². The molecule has 2 aromatic rings. The van der Waals surface area contributed by atoms with Crippen LogP contribution >= 0.6 is 11.6 Å². The number of nitrogens with zero attached hydrogens (tertiary/aromatic N) is 3. The van der Waals surface area contributed by atoms with Crippen LogP contribution in [0.15, 0.2) is 30.5 Å². The lowest BCUT2D eigenvalue weighted by Gasteiger charge is -2.26. The van der Waals surface area contributed by atoms with Crippen molar-refractivity contribution in [3.8, 4) is 5.75 Å². The van der Waals surface area contributed by atoms with Gasteiger partial charge in [0.1, 0.15) is 6.10 Å². The molecule has 1 N–H and O–H groups in total. The molecule has 1 atom stereocenters. The van der Waals surface area contributed by atoms with E-state index in [1.54, 1.807) is 11.2 Å². The molecule has 1 aromatic carbocycles. The third-order valence-corrected chi connectivity index (χ3v) is 6.94. The van der Waals surface area contributed by atoms with Crippen LogP contribution in [0.3, 0.4) is 0 Å².